The Morgan fingerprint density at radius 3 is 3.00 bits per heavy atom. The van der Waals surface area contributed by atoms with Crippen molar-refractivity contribution in [1.82, 2.24) is 9.88 Å². The monoisotopic (exact) mass is 302 g/mol. The Bertz CT molecular complexity index is 688. The molecular weight excluding hydrogens is 288 g/mol. The molecule has 1 aromatic heterocycles. The molecule has 1 aliphatic heterocycles. The van der Waals surface area contributed by atoms with Crippen molar-refractivity contribution < 1.29 is 9.90 Å². The molecule has 5 heteroatoms. The van der Waals surface area contributed by atoms with Crippen LogP contribution in [0.1, 0.15) is 27.0 Å². The molecular formula is C16H15ClN2O2. The number of halogens is 1. The van der Waals surface area contributed by atoms with E-state index in [-0.39, 0.29) is 0 Å². The van der Waals surface area contributed by atoms with Crippen LogP contribution in [0.5, 0.6) is 0 Å². The molecule has 21 heavy (non-hydrogen) atoms. The Kier molecular flexibility index (Phi) is 3.90. The number of hydrogen-bond acceptors (Lipinski definition) is 3. The second-order valence-electron chi connectivity index (χ2n) is 5.18. The number of carboxylic acid groups (broad SMARTS) is 1. The summed E-state index contributed by atoms with van der Waals surface area (Å²) in [4.78, 5) is 17.5. The Labute approximate surface area is 128 Å². The van der Waals surface area contributed by atoms with E-state index >= 15 is 0 Å². The van der Waals surface area contributed by atoms with Crippen LogP contribution in [-0.2, 0) is 19.5 Å². The first-order valence-electron chi connectivity index (χ1n) is 6.80. The molecule has 4 nitrogen and oxygen atoms in total. The summed E-state index contributed by atoms with van der Waals surface area (Å²) in [5.74, 6) is -0.850. The fourth-order valence-electron chi connectivity index (χ4n) is 2.78. The molecule has 0 aliphatic carbocycles. The van der Waals surface area contributed by atoms with Crippen LogP contribution in [0.2, 0.25) is 5.02 Å². The molecule has 0 spiro atoms. The summed E-state index contributed by atoms with van der Waals surface area (Å²) in [6, 6.07) is 7.41. The van der Waals surface area contributed by atoms with Crippen molar-refractivity contribution in [3.8, 4) is 0 Å². The van der Waals surface area contributed by atoms with Crippen molar-refractivity contribution in [2.24, 2.45) is 0 Å². The van der Waals surface area contributed by atoms with Gasteiger partial charge in [0.25, 0.3) is 0 Å². The predicted molar refractivity (Wildman–Crippen MR) is 80.5 cm³/mol. The van der Waals surface area contributed by atoms with Crippen LogP contribution < -0.4 is 0 Å². The number of aromatic carboxylic acids is 1. The topological polar surface area (TPSA) is 53.4 Å². The van der Waals surface area contributed by atoms with Crippen molar-refractivity contribution in [2.75, 3.05) is 6.54 Å². The number of rotatable bonds is 3. The maximum Gasteiger partial charge on any atom is 0.335 e. The highest BCUT2D eigenvalue weighted by Gasteiger charge is 2.21. The number of hydrogen-bond donors (Lipinski definition) is 1. The van der Waals surface area contributed by atoms with Crippen LogP contribution in [0.25, 0.3) is 0 Å². The highest BCUT2D eigenvalue weighted by Crippen LogP contribution is 2.25. The number of carbonyl (C=O) groups is 1. The number of fused-ring (bicyclic) bond motifs is 1. The van der Waals surface area contributed by atoms with Gasteiger partial charge in [-0.25, -0.2) is 4.79 Å². The zero-order valence-corrected chi connectivity index (χ0v) is 12.2. The molecule has 1 N–H and O–H groups in total. The molecule has 0 saturated carbocycles. The Morgan fingerprint density at radius 2 is 2.24 bits per heavy atom. The zero-order chi connectivity index (χ0) is 14.8. The van der Waals surface area contributed by atoms with Gasteiger partial charge in [-0.1, -0.05) is 23.7 Å². The van der Waals surface area contributed by atoms with Crippen molar-refractivity contribution >= 4 is 17.6 Å². The van der Waals surface area contributed by atoms with Crippen LogP contribution in [0.4, 0.5) is 0 Å². The molecule has 3 rings (SSSR count). The van der Waals surface area contributed by atoms with Gasteiger partial charge in [-0.05, 0) is 35.2 Å². The molecule has 0 unspecified atom stereocenters. The summed E-state index contributed by atoms with van der Waals surface area (Å²) in [5, 5.41) is 9.91. The maximum absolute atomic E-state index is 11.3. The standard InChI is InChI=1S/C16H15ClN2O2/c17-15-8-18-6-4-12(15)10-19-7-5-13-11(9-19)2-1-3-14(13)16(20)21/h1-4,6,8H,5,7,9-10H2,(H,20,21). The number of nitrogens with zero attached hydrogens (tertiary/aromatic N) is 2. The lowest BCUT2D eigenvalue weighted by Crippen LogP contribution is -2.31. The van der Waals surface area contributed by atoms with Crippen molar-refractivity contribution in [3.05, 3.63) is 63.9 Å². The summed E-state index contributed by atoms with van der Waals surface area (Å²) in [7, 11) is 0. The number of benzene rings is 1. The van der Waals surface area contributed by atoms with E-state index in [1.807, 2.05) is 18.2 Å². The Morgan fingerprint density at radius 1 is 1.38 bits per heavy atom. The van der Waals surface area contributed by atoms with E-state index in [1.54, 1.807) is 18.5 Å². The van der Waals surface area contributed by atoms with Crippen LogP contribution in [0, 0.1) is 0 Å². The number of carboxylic acids is 1. The molecule has 1 aliphatic rings. The molecule has 0 amide bonds. The summed E-state index contributed by atoms with van der Waals surface area (Å²) in [6.45, 7) is 2.32. The van der Waals surface area contributed by atoms with E-state index in [0.717, 1.165) is 42.7 Å². The van der Waals surface area contributed by atoms with Gasteiger partial charge >= 0.3 is 5.97 Å². The van der Waals surface area contributed by atoms with E-state index in [4.69, 9.17) is 11.6 Å². The van der Waals surface area contributed by atoms with Gasteiger partial charge < -0.3 is 5.11 Å². The third-order valence-corrected chi connectivity index (χ3v) is 4.17. The quantitative estimate of drug-likeness (QED) is 0.947. The van der Waals surface area contributed by atoms with Gasteiger partial charge in [0.05, 0.1) is 10.6 Å². The van der Waals surface area contributed by atoms with Gasteiger partial charge in [-0.2, -0.15) is 0 Å². The van der Waals surface area contributed by atoms with E-state index in [2.05, 4.69) is 9.88 Å². The van der Waals surface area contributed by atoms with Gasteiger partial charge in [-0.15, -0.1) is 0 Å². The summed E-state index contributed by atoms with van der Waals surface area (Å²) in [5.41, 5.74) is 3.52. The van der Waals surface area contributed by atoms with Gasteiger partial charge in [0.2, 0.25) is 0 Å². The van der Waals surface area contributed by atoms with Gasteiger partial charge in [0, 0.05) is 32.0 Å². The summed E-state index contributed by atoms with van der Waals surface area (Å²) in [6.07, 6.45) is 4.14. The fraction of sp³-hybridized carbons (Fsp3) is 0.250. The predicted octanol–water partition coefficient (Wildman–Crippen LogP) is 2.99. The largest absolute Gasteiger partial charge is 0.478 e. The lowest BCUT2D eigenvalue weighted by atomic mass is 9.94. The van der Waals surface area contributed by atoms with Gasteiger partial charge in [-0.3, -0.25) is 9.88 Å². The minimum Gasteiger partial charge on any atom is -0.478 e. The lowest BCUT2D eigenvalue weighted by molar-refractivity contribution is 0.0694. The number of pyridine rings is 1. The third-order valence-electron chi connectivity index (χ3n) is 3.83. The van der Waals surface area contributed by atoms with Crippen LogP contribution in [0.15, 0.2) is 36.7 Å². The lowest BCUT2D eigenvalue weighted by Gasteiger charge is -2.29. The van der Waals surface area contributed by atoms with Crippen molar-refractivity contribution in [1.29, 1.82) is 0 Å². The van der Waals surface area contributed by atoms with E-state index in [9.17, 15) is 9.90 Å². The first kappa shape index (κ1) is 14.0. The molecule has 108 valence electrons. The Hall–Kier alpha value is -1.91. The maximum atomic E-state index is 11.3. The van der Waals surface area contributed by atoms with Crippen LogP contribution in [0.3, 0.4) is 0 Å². The Balaban J connectivity index is 1.81. The number of aromatic nitrogens is 1. The van der Waals surface area contributed by atoms with E-state index < -0.39 is 5.97 Å². The summed E-state index contributed by atoms with van der Waals surface area (Å²) >= 11 is 6.14. The van der Waals surface area contributed by atoms with Crippen LogP contribution in [-0.4, -0.2) is 27.5 Å². The average molecular weight is 303 g/mol. The smallest absolute Gasteiger partial charge is 0.335 e. The van der Waals surface area contributed by atoms with E-state index in [0.29, 0.717) is 10.6 Å². The van der Waals surface area contributed by atoms with E-state index in [1.165, 1.54) is 0 Å². The first-order valence-corrected chi connectivity index (χ1v) is 7.18. The molecule has 0 radical (unpaired) electrons. The normalized spacial score (nSPS) is 14.7. The molecule has 1 aromatic carbocycles. The van der Waals surface area contributed by atoms with Crippen molar-refractivity contribution in [2.45, 2.75) is 19.5 Å². The third kappa shape index (κ3) is 2.91. The fourth-order valence-corrected chi connectivity index (χ4v) is 2.96. The molecule has 0 saturated heterocycles. The van der Waals surface area contributed by atoms with Crippen LogP contribution >= 0.6 is 11.6 Å². The highest BCUT2D eigenvalue weighted by atomic mass is 35.5. The highest BCUT2D eigenvalue weighted by molar-refractivity contribution is 6.31. The molecule has 0 fully saturated rings. The van der Waals surface area contributed by atoms with Gasteiger partial charge in [0.15, 0.2) is 0 Å². The SMILES string of the molecule is O=C(O)c1cccc2c1CCN(Cc1ccncc1Cl)C2. The first-order chi connectivity index (χ1) is 10.1. The van der Waals surface area contributed by atoms with Gasteiger partial charge in [0.1, 0.15) is 0 Å². The molecule has 2 aromatic rings. The second-order valence-corrected chi connectivity index (χ2v) is 5.58. The zero-order valence-electron chi connectivity index (χ0n) is 11.4. The average Bonchev–Trinajstić information content (AvgIpc) is 2.48. The minimum atomic E-state index is -0.850. The molecule has 0 atom stereocenters. The summed E-state index contributed by atoms with van der Waals surface area (Å²) < 4.78 is 0. The van der Waals surface area contributed by atoms with Crippen molar-refractivity contribution in [3.63, 3.8) is 0 Å². The minimum absolute atomic E-state index is 0.425. The molecule has 0 bridgehead atoms. The molecule has 2 heterocycles. The second kappa shape index (κ2) is 5.84.